The number of piperidine rings is 1. The second-order valence-corrected chi connectivity index (χ2v) is 6.92. The van der Waals surface area contributed by atoms with Crippen molar-refractivity contribution in [1.82, 2.24) is 19.9 Å². The largest absolute Gasteiger partial charge is 0.378 e. The van der Waals surface area contributed by atoms with Crippen molar-refractivity contribution >= 4 is 11.8 Å². The lowest BCUT2D eigenvalue weighted by atomic mass is 10.0. The Morgan fingerprint density at radius 2 is 1.92 bits per heavy atom. The van der Waals surface area contributed by atoms with E-state index in [0.717, 1.165) is 57.7 Å². The van der Waals surface area contributed by atoms with Gasteiger partial charge in [-0.3, -0.25) is 9.88 Å². The van der Waals surface area contributed by atoms with Crippen LogP contribution in [0.4, 0.5) is 11.8 Å². The van der Waals surface area contributed by atoms with Crippen molar-refractivity contribution in [2.75, 3.05) is 49.6 Å². The number of nitrogens with zero attached hydrogens (tertiary/aromatic N) is 5. The minimum atomic E-state index is 0.415. The first-order valence-electron chi connectivity index (χ1n) is 9.40. The van der Waals surface area contributed by atoms with Crippen molar-refractivity contribution in [2.45, 2.75) is 25.4 Å². The van der Waals surface area contributed by atoms with Crippen LogP contribution >= 0.6 is 0 Å². The van der Waals surface area contributed by atoms with Gasteiger partial charge in [0.15, 0.2) is 0 Å². The maximum absolute atomic E-state index is 5.41. The molecule has 1 unspecified atom stereocenters. The quantitative estimate of drug-likeness (QED) is 0.878. The molecular formula is C19H26N6O. The molecule has 2 saturated heterocycles. The fourth-order valence-corrected chi connectivity index (χ4v) is 3.62. The van der Waals surface area contributed by atoms with Gasteiger partial charge < -0.3 is 15.0 Å². The minimum Gasteiger partial charge on any atom is -0.378 e. The van der Waals surface area contributed by atoms with Gasteiger partial charge in [0, 0.05) is 50.8 Å². The molecule has 0 aromatic carbocycles. The second-order valence-electron chi connectivity index (χ2n) is 6.92. The van der Waals surface area contributed by atoms with Crippen LogP contribution in [-0.2, 0) is 11.3 Å². The molecule has 2 aromatic rings. The van der Waals surface area contributed by atoms with Crippen LogP contribution in [0.25, 0.3) is 0 Å². The third-order valence-electron chi connectivity index (χ3n) is 4.95. The number of hydrogen-bond donors (Lipinski definition) is 1. The highest BCUT2D eigenvalue weighted by atomic mass is 16.5. The molecule has 138 valence electrons. The summed E-state index contributed by atoms with van der Waals surface area (Å²) >= 11 is 0. The number of likely N-dealkylation sites (tertiary alicyclic amines) is 1. The Labute approximate surface area is 154 Å². The van der Waals surface area contributed by atoms with Crippen molar-refractivity contribution in [3.05, 3.63) is 42.4 Å². The van der Waals surface area contributed by atoms with Gasteiger partial charge in [-0.05, 0) is 43.1 Å². The lowest BCUT2D eigenvalue weighted by Gasteiger charge is -2.33. The summed E-state index contributed by atoms with van der Waals surface area (Å²) in [6.45, 7) is 6.34. The molecular weight excluding hydrogens is 328 g/mol. The zero-order valence-electron chi connectivity index (χ0n) is 15.0. The summed E-state index contributed by atoms with van der Waals surface area (Å²) in [6.07, 6.45) is 7.94. The first kappa shape index (κ1) is 17.2. The smallest absolute Gasteiger partial charge is 0.227 e. The molecule has 4 rings (SSSR count). The molecule has 2 aliphatic heterocycles. The molecule has 7 heteroatoms. The molecule has 0 saturated carbocycles. The third kappa shape index (κ3) is 4.47. The Morgan fingerprint density at radius 1 is 1.08 bits per heavy atom. The van der Waals surface area contributed by atoms with Crippen LogP contribution in [-0.4, -0.2) is 65.3 Å². The fraction of sp³-hybridized carbons (Fsp3) is 0.526. The van der Waals surface area contributed by atoms with Gasteiger partial charge in [-0.15, -0.1) is 0 Å². The summed E-state index contributed by atoms with van der Waals surface area (Å²) < 4.78 is 5.41. The molecule has 7 nitrogen and oxygen atoms in total. The molecule has 0 radical (unpaired) electrons. The van der Waals surface area contributed by atoms with Gasteiger partial charge in [0.1, 0.15) is 5.82 Å². The van der Waals surface area contributed by atoms with Crippen molar-refractivity contribution in [1.29, 1.82) is 0 Å². The molecule has 26 heavy (non-hydrogen) atoms. The zero-order chi connectivity index (χ0) is 17.6. The Balaban J connectivity index is 1.36. The number of anilines is 2. The first-order valence-corrected chi connectivity index (χ1v) is 9.40. The number of morpholine rings is 1. The topological polar surface area (TPSA) is 66.4 Å². The van der Waals surface area contributed by atoms with E-state index in [1.54, 1.807) is 0 Å². The predicted molar refractivity (Wildman–Crippen MR) is 101 cm³/mol. The van der Waals surface area contributed by atoms with Crippen LogP contribution in [0.1, 0.15) is 18.4 Å². The lowest BCUT2D eigenvalue weighted by Crippen LogP contribution is -2.42. The summed E-state index contributed by atoms with van der Waals surface area (Å²) in [7, 11) is 0. The summed E-state index contributed by atoms with van der Waals surface area (Å²) in [5.41, 5.74) is 1.32. The molecule has 4 heterocycles. The number of hydrogen-bond acceptors (Lipinski definition) is 7. The van der Waals surface area contributed by atoms with E-state index in [-0.39, 0.29) is 0 Å². The monoisotopic (exact) mass is 354 g/mol. The normalized spacial score (nSPS) is 21.5. The van der Waals surface area contributed by atoms with E-state index in [0.29, 0.717) is 6.04 Å². The van der Waals surface area contributed by atoms with Crippen LogP contribution in [0.2, 0.25) is 0 Å². The zero-order valence-corrected chi connectivity index (χ0v) is 15.0. The molecule has 0 spiro atoms. The first-order chi connectivity index (χ1) is 12.9. The number of pyridine rings is 1. The summed E-state index contributed by atoms with van der Waals surface area (Å²) in [4.78, 5) is 17.9. The Hall–Kier alpha value is -2.25. The van der Waals surface area contributed by atoms with Gasteiger partial charge in [0.2, 0.25) is 5.95 Å². The van der Waals surface area contributed by atoms with Gasteiger partial charge in [0.05, 0.1) is 13.2 Å². The van der Waals surface area contributed by atoms with E-state index in [9.17, 15) is 0 Å². The highest BCUT2D eigenvalue weighted by Crippen LogP contribution is 2.18. The van der Waals surface area contributed by atoms with Crippen molar-refractivity contribution < 1.29 is 4.74 Å². The molecule has 2 fully saturated rings. The van der Waals surface area contributed by atoms with Gasteiger partial charge in [-0.25, -0.2) is 4.98 Å². The lowest BCUT2D eigenvalue weighted by molar-refractivity contribution is 0.122. The van der Waals surface area contributed by atoms with Crippen LogP contribution in [0, 0.1) is 0 Å². The summed E-state index contributed by atoms with van der Waals surface area (Å²) in [5.74, 6) is 1.71. The average Bonchev–Trinajstić information content (AvgIpc) is 2.70. The molecule has 0 aliphatic carbocycles. The van der Waals surface area contributed by atoms with E-state index < -0.39 is 0 Å². The number of rotatable bonds is 5. The molecule has 2 aromatic heterocycles. The van der Waals surface area contributed by atoms with Crippen LogP contribution in [0.3, 0.4) is 0 Å². The predicted octanol–water partition coefficient (Wildman–Crippen LogP) is 1.78. The van der Waals surface area contributed by atoms with E-state index in [2.05, 4.69) is 37.2 Å². The Kier molecular flexibility index (Phi) is 5.56. The standard InChI is InChI=1S/C19H26N6O/c1-2-17(15-24(9-1)14-16-3-6-20-7-4-16)22-18-5-8-21-19(23-18)25-10-12-26-13-11-25/h3-8,17H,1-2,9-15H2,(H,21,22,23). The highest BCUT2D eigenvalue weighted by Gasteiger charge is 2.21. The van der Waals surface area contributed by atoms with Crippen LogP contribution in [0.15, 0.2) is 36.8 Å². The van der Waals surface area contributed by atoms with Crippen molar-refractivity contribution in [3.63, 3.8) is 0 Å². The maximum atomic E-state index is 5.41. The van der Waals surface area contributed by atoms with E-state index in [1.165, 1.54) is 18.4 Å². The number of ether oxygens (including phenoxy) is 1. The van der Waals surface area contributed by atoms with Gasteiger partial charge in [0.25, 0.3) is 0 Å². The molecule has 1 atom stereocenters. The molecule has 2 aliphatic rings. The second kappa shape index (κ2) is 8.42. The molecule has 0 amide bonds. The summed E-state index contributed by atoms with van der Waals surface area (Å²) in [5, 5.41) is 3.61. The van der Waals surface area contributed by atoms with Crippen molar-refractivity contribution in [3.8, 4) is 0 Å². The van der Waals surface area contributed by atoms with E-state index >= 15 is 0 Å². The van der Waals surface area contributed by atoms with Gasteiger partial charge in [-0.1, -0.05) is 0 Å². The summed E-state index contributed by atoms with van der Waals surface area (Å²) in [6, 6.07) is 6.57. The Morgan fingerprint density at radius 3 is 2.77 bits per heavy atom. The van der Waals surface area contributed by atoms with Gasteiger partial charge in [-0.2, -0.15) is 4.98 Å². The highest BCUT2D eigenvalue weighted by molar-refractivity contribution is 5.42. The van der Waals surface area contributed by atoms with E-state index in [1.807, 2.05) is 24.7 Å². The molecule has 1 N–H and O–H groups in total. The van der Waals surface area contributed by atoms with Crippen molar-refractivity contribution in [2.24, 2.45) is 0 Å². The number of nitrogens with one attached hydrogen (secondary N) is 1. The third-order valence-corrected chi connectivity index (χ3v) is 4.95. The van der Waals surface area contributed by atoms with Crippen LogP contribution in [0.5, 0.6) is 0 Å². The van der Waals surface area contributed by atoms with Gasteiger partial charge >= 0.3 is 0 Å². The molecule has 0 bridgehead atoms. The van der Waals surface area contributed by atoms with Crippen LogP contribution < -0.4 is 10.2 Å². The maximum Gasteiger partial charge on any atom is 0.227 e. The fourth-order valence-electron chi connectivity index (χ4n) is 3.62. The van der Waals surface area contributed by atoms with E-state index in [4.69, 9.17) is 9.72 Å². The minimum absolute atomic E-state index is 0.415. The average molecular weight is 354 g/mol. The SMILES string of the molecule is c1cc(CN2CCCC(Nc3ccnc(N4CCOCC4)n3)C2)ccn1. The Bertz CT molecular complexity index is 691. The number of aromatic nitrogens is 3.